The van der Waals surface area contributed by atoms with Crippen molar-refractivity contribution in [2.45, 2.75) is 84.1 Å². The summed E-state index contributed by atoms with van der Waals surface area (Å²) in [5.74, 6) is 1.11. The first-order valence-electron chi connectivity index (χ1n) is 15.4. The molecule has 0 unspecified atom stereocenters. The van der Waals surface area contributed by atoms with E-state index < -0.39 is 0 Å². The van der Waals surface area contributed by atoms with Gasteiger partial charge < -0.3 is 19.4 Å². The van der Waals surface area contributed by atoms with Crippen molar-refractivity contribution in [2.75, 3.05) is 42.6 Å². The van der Waals surface area contributed by atoms with E-state index in [1.54, 1.807) is 0 Å². The van der Waals surface area contributed by atoms with Gasteiger partial charge in [0.05, 0.1) is 12.2 Å². The summed E-state index contributed by atoms with van der Waals surface area (Å²) in [6.07, 6.45) is 11.9. The van der Waals surface area contributed by atoms with Crippen LogP contribution in [0.15, 0.2) is 42.5 Å². The highest BCUT2D eigenvalue weighted by atomic mass is 16.5. The summed E-state index contributed by atoms with van der Waals surface area (Å²) >= 11 is 0. The van der Waals surface area contributed by atoms with Crippen LogP contribution < -0.4 is 14.5 Å². The second kappa shape index (κ2) is 13.4. The van der Waals surface area contributed by atoms with Crippen molar-refractivity contribution in [2.24, 2.45) is 5.92 Å². The van der Waals surface area contributed by atoms with Crippen molar-refractivity contribution in [3.05, 3.63) is 53.6 Å². The molecule has 0 radical (unpaired) electrons. The van der Waals surface area contributed by atoms with Gasteiger partial charge in [0.25, 0.3) is 5.91 Å². The molecule has 2 aromatic carbocycles. The molecule has 0 atom stereocenters. The van der Waals surface area contributed by atoms with E-state index in [0.717, 1.165) is 81.5 Å². The van der Waals surface area contributed by atoms with E-state index in [0.29, 0.717) is 31.0 Å². The second-order valence-electron chi connectivity index (χ2n) is 11.5. The van der Waals surface area contributed by atoms with Gasteiger partial charge in [0.15, 0.2) is 0 Å². The van der Waals surface area contributed by atoms with Crippen LogP contribution in [0.3, 0.4) is 0 Å². The molecule has 1 saturated heterocycles. The molecule has 3 aliphatic rings. The number of anilines is 2. The third-order valence-corrected chi connectivity index (χ3v) is 8.31. The minimum atomic E-state index is 0.0203. The lowest BCUT2D eigenvalue weighted by Gasteiger charge is -2.29. The lowest BCUT2D eigenvalue weighted by molar-refractivity contribution is -0.119. The van der Waals surface area contributed by atoms with Gasteiger partial charge in [-0.15, -0.1) is 0 Å². The minimum absolute atomic E-state index is 0.0203. The fourth-order valence-electron chi connectivity index (χ4n) is 5.91. The van der Waals surface area contributed by atoms with Gasteiger partial charge in [-0.25, -0.2) is 0 Å². The number of benzene rings is 2. The minimum Gasteiger partial charge on any atom is -0.493 e. The monoisotopic (exact) mass is 531 g/mol. The summed E-state index contributed by atoms with van der Waals surface area (Å²) in [7, 11) is 0. The lowest BCUT2D eigenvalue weighted by atomic mass is 10.1. The molecule has 2 heterocycles. The maximum absolute atomic E-state index is 14.3. The fraction of sp³-hybridized carbons (Fsp3) is 0.576. The van der Waals surface area contributed by atoms with Crippen LogP contribution in [0.4, 0.5) is 11.4 Å². The molecule has 6 nitrogen and oxygen atoms in total. The summed E-state index contributed by atoms with van der Waals surface area (Å²) in [6.45, 7) is 6.69. The molecule has 5 rings (SSSR count). The lowest BCUT2D eigenvalue weighted by Crippen LogP contribution is -2.36. The van der Waals surface area contributed by atoms with Gasteiger partial charge in [0.2, 0.25) is 5.91 Å². The van der Waals surface area contributed by atoms with E-state index in [-0.39, 0.29) is 17.7 Å². The van der Waals surface area contributed by atoms with Crippen LogP contribution in [0.2, 0.25) is 0 Å². The Morgan fingerprint density at radius 1 is 0.846 bits per heavy atom. The quantitative estimate of drug-likeness (QED) is 0.411. The first-order valence-corrected chi connectivity index (χ1v) is 15.4. The zero-order valence-corrected chi connectivity index (χ0v) is 23.7. The van der Waals surface area contributed by atoms with Gasteiger partial charge in [-0.1, -0.05) is 50.8 Å². The SMILES string of the molecule is CCCOc1ccc(N2CCCC2)cc1C(=O)N1CCCCCCCCN(C(=O)C2CC2)c2ccccc2C1. The van der Waals surface area contributed by atoms with Gasteiger partial charge in [-0.2, -0.15) is 0 Å². The molecule has 210 valence electrons. The Balaban J connectivity index is 1.48. The third kappa shape index (κ3) is 6.95. The first kappa shape index (κ1) is 27.5. The van der Waals surface area contributed by atoms with Gasteiger partial charge in [0.1, 0.15) is 5.75 Å². The fourth-order valence-corrected chi connectivity index (χ4v) is 5.91. The number of hydrogen-bond acceptors (Lipinski definition) is 4. The molecule has 39 heavy (non-hydrogen) atoms. The van der Waals surface area contributed by atoms with E-state index in [4.69, 9.17) is 4.74 Å². The molecular formula is C33H45N3O3. The van der Waals surface area contributed by atoms with Crippen molar-refractivity contribution in [3.63, 3.8) is 0 Å². The van der Waals surface area contributed by atoms with E-state index in [1.165, 1.54) is 25.7 Å². The standard InChI is InChI=1S/C33H45N3O3/c1-2-23-39-31-18-17-28(34-19-11-12-20-34)24-29(31)33(38)35-21-9-5-3-4-6-10-22-36(32(37)26-15-16-26)30-14-8-7-13-27(30)25-35/h7-8,13-14,17-18,24,26H,2-6,9-12,15-16,19-23,25H2,1H3. The van der Waals surface area contributed by atoms with Gasteiger partial charge >= 0.3 is 0 Å². The normalized spacial score (nSPS) is 19.1. The number of carbonyl (C=O) groups excluding carboxylic acids is 2. The zero-order valence-electron chi connectivity index (χ0n) is 23.7. The Morgan fingerprint density at radius 3 is 2.28 bits per heavy atom. The van der Waals surface area contributed by atoms with Crippen molar-refractivity contribution in [1.29, 1.82) is 0 Å². The van der Waals surface area contributed by atoms with Crippen LogP contribution in [0.5, 0.6) is 5.75 Å². The molecule has 1 saturated carbocycles. The topological polar surface area (TPSA) is 53.1 Å². The smallest absolute Gasteiger partial charge is 0.257 e. The number of amides is 2. The molecule has 1 aliphatic carbocycles. The summed E-state index contributed by atoms with van der Waals surface area (Å²) in [5, 5.41) is 0. The largest absolute Gasteiger partial charge is 0.493 e. The summed E-state index contributed by atoms with van der Waals surface area (Å²) in [5.41, 5.74) is 3.78. The maximum atomic E-state index is 14.3. The Kier molecular flexibility index (Phi) is 9.44. The molecule has 0 bridgehead atoms. The van der Waals surface area contributed by atoms with Crippen LogP contribution in [-0.2, 0) is 11.3 Å². The average molecular weight is 532 g/mol. The highest BCUT2D eigenvalue weighted by Gasteiger charge is 2.35. The number of para-hydroxylation sites is 1. The number of carbonyl (C=O) groups is 2. The van der Waals surface area contributed by atoms with E-state index >= 15 is 0 Å². The van der Waals surface area contributed by atoms with Crippen molar-refractivity contribution in [3.8, 4) is 5.75 Å². The number of hydrogen-bond donors (Lipinski definition) is 0. The number of rotatable bonds is 6. The van der Waals surface area contributed by atoms with Crippen molar-refractivity contribution in [1.82, 2.24) is 4.90 Å². The molecule has 6 heteroatoms. The molecule has 2 aliphatic heterocycles. The van der Waals surface area contributed by atoms with Crippen LogP contribution >= 0.6 is 0 Å². The maximum Gasteiger partial charge on any atom is 0.257 e. The Morgan fingerprint density at radius 2 is 1.54 bits per heavy atom. The van der Waals surface area contributed by atoms with Gasteiger partial charge in [-0.05, 0) is 74.8 Å². The number of nitrogens with zero attached hydrogens (tertiary/aromatic N) is 3. The molecular weight excluding hydrogens is 486 g/mol. The summed E-state index contributed by atoms with van der Waals surface area (Å²) in [4.78, 5) is 34.1. The highest BCUT2D eigenvalue weighted by molar-refractivity contribution is 5.99. The van der Waals surface area contributed by atoms with Crippen LogP contribution in [0, 0.1) is 5.92 Å². The predicted octanol–water partition coefficient (Wildman–Crippen LogP) is 6.82. The summed E-state index contributed by atoms with van der Waals surface area (Å²) in [6, 6.07) is 14.4. The van der Waals surface area contributed by atoms with Gasteiger partial charge in [-0.3, -0.25) is 9.59 Å². The van der Waals surface area contributed by atoms with E-state index in [1.807, 2.05) is 28.0 Å². The van der Waals surface area contributed by atoms with E-state index in [9.17, 15) is 9.59 Å². The van der Waals surface area contributed by atoms with Crippen LogP contribution in [0.1, 0.15) is 93.5 Å². The molecule has 0 aromatic heterocycles. The number of ether oxygens (including phenoxy) is 1. The zero-order chi connectivity index (χ0) is 27.0. The Hall–Kier alpha value is -3.02. The average Bonchev–Trinajstić information content (AvgIpc) is 3.67. The molecule has 2 aromatic rings. The highest BCUT2D eigenvalue weighted by Crippen LogP contribution is 2.35. The molecule has 2 fully saturated rings. The van der Waals surface area contributed by atoms with Crippen molar-refractivity contribution < 1.29 is 14.3 Å². The third-order valence-electron chi connectivity index (χ3n) is 8.31. The van der Waals surface area contributed by atoms with Crippen molar-refractivity contribution >= 4 is 23.2 Å². The predicted molar refractivity (Wildman–Crippen MR) is 158 cm³/mol. The molecule has 2 amide bonds. The molecule has 0 N–H and O–H groups in total. The van der Waals surface area contributed by atoms with E-state index in [2.05, 4.69) is 36.1 Å². The molecule has 0 spiro atoms. The second-order valence-corrected chi connectivity index (χ2v) is 11.5. The van der Waals surface area contributed by atoms with Crippen LogP contribution in [0.25, 0.3) is 0 Å². The number of fused-ring (bicyclic) bond motifs is 1. The Labute approximate surface area is 234 Å². The van der Waals surface area contributed by atoms with Crippen LogP contribution in [-0.4, -0.2) is 49.5 Å². The first-order chi connectivity index (χ1) is 19.2. The summed E-state index contributed by atoms with van der Waals surface area (Å²) < 4.78 is 6.10. The van der Waals surface area contributed by atoms with Gasteiger partial charge in [0, 0.05) is 50.0 Å². The Bertz CT molecular complexity index is 1120.